The molecule has 9 rings (SSSR count). The molecule has 0 fully saturated rings. The summed E-state index contributed by atoms with van der Waals surface area (Å²) in [5.74, 6) is 0. The molecule has 6 aromatic carbocycles. The van der Waals surface area contributed by atoms with Crippen molar-refractivity contribution in [2.75, 3.05) is 0 Å². The van der Waals surface area contributed by atoms with Gasteiger partial charge in [0.2, 0.25) is 0 Å². The summed E-state index contributed by atoms with van der Waals surface area (Å²) in [6.07, 6.45) is 0. The van der Waals surface area contributed by atoms with Crippen molar-refractivity contribution in [2.45, 2.75) is 0 Å². The zero-order chi connectivity index (χ0) is 24.1. The second kappa shape index (κ2) is 7.39. The lowest BCUT2D eigenvalue weighted by molar-refractivity contribution is 1.80. The van der Waals surface area contributed by atoms with E-state index in [1.54, 1.807) is 0 Å². The molecule has 0 saturated heterocycles. The van der Waals surface area contributed by atoms with E-state index in [1.807, 2.05) is 34.0 Å². The van der Waals surface area contributed by atoms with Gasteiger partial charge >= 0.3 is 0 Å². The highest BCUT2D eigenvalue weighted by molar-refractivity contribution is 7.27. The average molecular weight is 523 g/mol. The molecule has 0 nitrogen and oxygen atoms in total. The maximum absolute atomic E-state index is 2.46. The van der Waals surface area contributed by atoms with Gasteiger partial charge in [0.15, 0.2) is 0 Å². The van der Waals surface area contributed by atoms with Gasteiger partial charge in [0.25, 0.3) is 0 Å². The molecule has 0 aliphatic carbocycles. The van der Waals surface area contributed by atoms with Crippen LogP contribution in [0.1, 0.15) is 0 Å². The second-order valence-corrected chi connectivity index (χ2v) is 12.7. The molecule has 37 heavy (non-hydrogen) atoms. The van der Waals surface area contributed by atoms with Crippen molar-refractivity contribution in [3.63, 3.8) is 0 Å². The van der Waals surface area contributed by atoms with E-state index in [2.05, 4.69) is 109 Å². The van der Waals surface area contributed by atoms with Gasteiger partial charge in [-0.25, -0.2) is 0 Å². The first-order chi connectivity index (χ1) is 18.3. The third-order valence-corrected chi connectivity index (χ3v) is 11.0. The Hall–Kier alpha value is -3.76. The van der Waals surface area contributed by atoms with Gasteiger partial charge in [-0.3, -0.25) is 0 Å². The number of fused-ring (bicyclic) bond motifs is 11. The number of benzene rings is 6. The molecule has 0 radical (unpaired) electrons. The quantitative estimate of drug-likeness (QED) is 0.188. The van der Waals surface area contributed by atoms with Crippen LogP contribution < -0.4 is 0 Å². The normalized spacial score (nSPS) is 12.3. The Labute approximate surface area is 224 Å². The zero-order valence-corrected chi connectivity index (χ0v) is 22.1. The maximum Gasteiger partial charge on any atom is 0.0440 e. The van der Waals surface area contributed by atoms with E-state index < -0.39 is 0 Å². The Kier molecular flexibility index (Phi) is 4.06. The molecular weight excluding hydrogens is 505 g/mol. The van der Waals surface area contributed by atoms with Gasteiger partial charge < -0.3 is 0 Å². The summed E-state index contributed by atoms with van der Waals surface area (Å²) in [5.41, 5.74) is 2.67. The van der Waals surface area contributed by atoms with Crippen molar-refractivity contribution < 1.29 is 0 Å². The molecule has 0 atom stereocenters. The molecule has 3 heteroatoms. The van der Waals surface area contributed by atoms with Crippen LogP contribution in [-0.4, -0.2) is 0 Å². The Balaban J connectivity index is 1.53. The Bertz CT molecular complexity index is 2360. The van der Waals surface area contributed by atoms with Crippen LogP contribution in [0.25, 0.3) is 83.1 Å². The van der Waals surface area contributed by atoms with Gasteiger partial charge in [-0.05, 0) is 63.5 Å². The summed E-state index contributed by atoms with van der Waals surface area (Å²) in [7, 11) is 0. The predicted octanol–water partition coefficient (Wildman–Crippen LogP) is 11.6. The molecule has 0 aliphatic heterocycles. The SMILES string of the molecule is c1ccc2c(-c3cc4cc5sc6ccccc6c5cc4c4c3ccc3c5ccccc5sc34)csc2c1. The number of hydrogen-bond donors (Lipinski definition) is 0. The summed E-state index contributed by atoms with van der Waals surface area (Å²) in [4.78, 5) is 0. The summed E-state index contributed by atoms with van der Waals surface area (Å²) in [6, 6.07) is 38.5. The molecule has 3 aromatic heterocycles. The lowest BCUT2D eigenvalue weighted by Crippen LogP contribution is -1.85. The minimum atomic E-state index is 1.32. The molecule has 0 saturated carbocycles. The van der Waals surface area contributed by atoms with Crippen LogP contribution in [0.5, 0.6) is 0 Å². The third-order valence-electron chi connectivity index (χ3n) is 7.73. The van der Waals surface area contributed by atoms with Gasteiger partial charge in [-0.1, -0.05) is 66.7 Å². The van der Waals surface area contributed by atoms with E-state index in [-0.39, 0.29) is 0 Å². The van der Waals surface area contributed by atoms with Crippen LogP contribution >= 0.6 is 34.0 Å². The van der Waals surface area contributed by atoms with Crippen molar-refractivity contribution in [2.24, 2.45) is 0 Å². The van der Waals surface area contributed by atoms with E-state index in [4.69, 9.17) is 0 Å². The average Bonchev–Trinajstić information content (AvgIpc) is 3.64. The summed E-state index contributed by atoms with van der Waals surface area (Å²) in [5, 5.41) is 14.5. The maximum atomic E-state index is 2.46. The van der Waals surface area contributed by atoms with Crippen molar-refractivity contribution in [1.82, 2.24) is 0 Å². The van der Waals surface area contributed by atoms with Crippen molar-refractivity contribution in [3.05, 3.63) is 109 Å². The zero-order valence-electron chi connectivity index (χ0n) is 19.6. The topological polar surface area (TPSA) is 0 Å². The highest BCUT2D eigenvalue weighted by Crippen LogP contribution is 2.47. The first kappa shape index (κ1) is 20.3. The molecule has 172 valence electrons. The first-order valence-corrected chi connectivity index (χ1v) is 14.9. The molecule has 9 aromatic rings. The number of hydrogen-bond acceptors (Lipinski definition) is 3. The second-order valence-electron chi connectivity index (χ2n) is 9.70. The number of thiophene rings is 3. The Morgan fingerprint density at radius 2 is 1.08 bits per heavy atom. The van der Waals surface area contributed by atoms with Crippen molar-refractivity contribution in [3.8, 4) is 11.1 Å². The van der Waals surface area contributed by atoms with Crippen molar-refractivity contribution in [1.29, 1.82) is 0 Å². The fourth-order valence-corrected chi connectivity index (χ4v) is 9.41. The van der Waals surface area contributed by atoms with E-state index in [1.165, 1.54) is 83.1 Å². The standard InChI is InChI=1S/C34H18S3/c1-4-10-29-22(9-1)28(18-35-29)26-15-19-16-32-27(21-8-3-5-11-30(21)36-32)17-25(19)33-23(26)13-14-24-20-7-2-6-12-31(20)37-34(24)33/h1-18H. The van der Waals surface area contributed by atoms with E-state index in [0.29, 0.717) is 0 Å². The highest BCUT2D eigenvalue weighted by atomic mass is 32.1. The van der Waals surface area contributed by atoms with E-state index in [9.17, 15) is 0 Å². The van der Waals surface area contributed by atoms with Crippen molar-refractivity contribution >= 4 is 106 Å². The molecule has 0 N–H and O–H groups in total. The lowest BCUT2D eigenvalue weighted by atomic mass is 9.91. The molecule has 0 aliphatic rings. The summed E-state index contributed by atoms with van der Waals surface area (Å²) in [6.45, 7) is 0. The third kappa shape index (κ3) is 2.77. The smallest absolute Gasteiger partial charge is 0.0440 e. The van der Waals surface area contributed by atoms with Gasteiger partial charge in [0.1, 0.15) is 0 Å². The van der Waals surface area contributed by atoms with E-state index in [0.717, 1.165) is 0 Å². The molecule has 0 amide bonds. The minimum absolute atomic E-state index is 1.32. The summed E-state index contributed by atoms with van der Waals surface area (Å²) < 4.78 is 6.80. The molecular formula is C34H18S3. The minimum Gasteiger partial charge on any atom is -0.143 e. The first-order valence-electron chi connectivity index (χ1n) is 12.4. The lowest BCUT2D eigenvalue weighted by Gasteiger charge is -2.12. The van der Waals surface area contributed by atoms with Crippen LogP contribution in [0, 0.1) is 0 Å². The molecule has 3 heterocycles. The molecule has 0 unspecified atom stereocenters. The predicted molar refractivity (Wildman–Crippen MR) is 168 cm³/mol. The van der Waals surface area contributed by atoms with Crippen LogP contribution in [0.2, 0.25) is 0 Å². The van der Waals surface area contributed by atoms with Gasteiger partial charge in [0.05, 0.1) is 0 Å². The van der Waals surface area contributed by atoms with Crippen LogP contribution in [0.4, 0.5) is 0 Å². The fourth-order valence-electron chi connectivity index (χ4n) is 6.05. The molecule has 0 bridgehead atoms. The van der Waals surface area contributed by atoms with Gasteiger partial charge in [-0.15, -0.1) is 34.0 Å². The monoisotopic (exact) mass is 522 g/mol. The number of rotatable bonds is 1. The summed E-state index contributed by atoms with van der Waals surface area (Å²) >= 11 is 5.67. The van der Waals surface area contributed by atoms with Crippen LogP contribution in [0.15, 0.2) is 109 Å². The highest BCUT2D eigenvalue weighted by Gasteiger charge is 2.18. The van der Waals surface area contributed by atoms with Crippen LogP contribution in [0.3, 0.4) is 0 Å². The Morgan fingerprint density at radius 3 is 1.92 bits per heavy atom. The van der Waals surface area contributed by atoms with E-state index >= 15 is 0 Å². The van der Waals surface area contributed by atoms with Crippen LogP contribution in [-0.2, 0) is 0 Å². The molecule has 0 spiro atoms. The Morgan fingerprint density at radius 1 is 0.405 bits per heavy atom. The fraction of sp³-hybridized carbons (Fsp3) is 0. The van der Waals surface area contributed by atoms with Gasteiger partial charge in [0, 0.05) is 61.4 Å². The largest absolute Gasteiger partial charge is 0.143 e. The van der Waals surface area contributed by atoms with Gasteiger partial charge in [-0.2, -0.15) is 0 Å².